The van der Waals surface area contributed by atoms with E-state index in [1.165, 1.54) is 0 Å². The largest absolute Gasteiger partial charge is 0.480 e. The minimum absolute atomic E-state index is 0.0900. The molecule has 0 unspecified atom stereocenters. The minimum atomic E-state index is -1.20. The van der Waals surface area contributed by atoms with E-state index in [1.807, 2.05) is 0 Å². The van der Waals surface area contributed by atoms with E-state index < -0.39 is 29.8 Å². The molecule has 0 radical (unpaired) electrons. The molecule has 0 heterocycles. The number of carboxylic acid groups (broad SMARTS) is 1. The van der Waals surface area contributed by atoms with Gasteiger partial charge in [0.2, 0.25) is 0 Å². The number of ether oxygens (including phenoxy) is 1. The highest BCUT2D eigenvalue weighted by molar-refractivity contribution is 9.11. The molecule has 126 valence electrons. The average molecular weight is 451 g/mol. The first kappa shape index (κ1) is 19.6. The number of nitrogens with one attached hydrogen (secondary N) is 1. The Morgan fingerprint density at radius 1 is 1.22 bits per heavy atom. The van der Waals surface area contributed by atoms with Gasteiger partial charge in [-0.3, -0.25) is 9.59 Å². The van der Waals surface area contributed by atoms with Crippen molar-refractivity contribution < 1.29 is 24.2 Å². The quantitative estimate of drug-likeness (QED) is 0.623. The van der Waals surface area contributed by atoms with Gasteiger partial charge < -0.3 is 15.2 Å². The highest BCUT2D eigenvalue weighted by atomic mass is 79.9. The molecule has 0 aliphatic carbocycles. The van der Waals surface area contributed by atoms with Gasteiger partial charge in [-0.2, -0.15) is 0 Å². The molecule has 1 rings (SSSR count). The van der Waals surface area contributed by atoms with E-state index in [2.05, 4.69) is 37.2 Å². The maximum Gasteiger partial charge on any atom is 0.326 e. The van der Waals surface area contributed by atoms with Crippen molar-refractivity contribution in [2.45, 2.75) is 26.3 Å². The molecule has 1 aromatic carbocycles. The van der Waals surface area contributed by atoms with Gasteiger partial charge in [0.25, 0.3) is 5.91 Å². The molecule has 8 heteroatoms. The molecule has 1 aromatic rings. The van der Waals surface area contributed by atoms with Crippen LogP contribution < -0.4 is 5.32 Å². The number of hydrogen-bond donors (Lipinski definition) is 2. The number of rotatable bonds is 7. The van der Waals surface area contributed by atoms with Crippen molar-refractivity contribution in [1.29, 1.82) is 0 Å². The number of benzene rings is 1. The number of carbonyl (C=O) groups is 3. The number of carboxylic acids is 1. The molecule has 23 heavy (non-hydrogen) atoms. The predicted octanol–water partition coefficient (Wildman–Crippen LogP) is 2.98. The Morgan fingerprint density at radius 3 is 2.26 bits per heavy atom. The molecule has 0 aliphatic rings. The van der Waals surface area contributed by atoms with Crippen molar-refractivity contribution in [1.82, 2.24) is 5.32 Å². The van der Waals surface area contributed by atoms with Gasteiger partial charge in [-0.05, 0) is 31.0 Å². The standard InChI is InChI=1S/C15H17Br2NO5/c1-3-23-12(19)4-8(2)13(15(21)22)18-14(20)9-5-10(16)7-11(17)6-9/h5-8,13H,3-4H2,1-2H3,(H,18,20)(H,21,22)/t8-,13-/m1/s1. The zero-order valence-electron chi connectivity index (χ0n) is 12.6. The molecule has 0 saturated carbocycles. The lowest BCUT2D eigenvalue weighted by Crippen LogP contribution is -2.45. The fraction of sp³-hybridized carbons (Fsp3) is 0.400. The van der Waals surface area contributed by atoms with Crippen LogP contribution in [0.15, 0.2) is 27.1 Å². The van der Waals surface area contributed by atoms with Crippen molar-refractivity contribution in [3.63, 3.8) is 0 Å². The van der Waals surface area contributed by atoms with E-state index in [4.69, 9.17) is 4.74 Å². The van der Waals surface area contributed by atoms with Crippen molar-refractivity contribution in [3.8, 4) is 0 Å². The van der Waals surface area contributed by atoms with Crippen LogP contribution in [0, 0.1) is 5.92 Å². The molecular weight excluding hydrogens is 434 g/mol. The lowest BCUT2D eigenvalue weighted by molar-refractivity contribution is -0.145. The highest BCUT2D eigenvalue weighted by Gasteiger charge is 2.29. The van der Waals surface area contributed by atoms with Gasteiger partial charge >= 0.3 is 11.9 Å². The topological polar surface area (TPSA) is 92.7 Å². The number of carbonyl (C=O) groups excluding carboxylic acids is 2. The second-order valence-electron chi connectivity index (χ2n) is 4.93. The van der Waals surface area contributed by atoms with Gasteiger partial charge in [0.1, 0.15) is 6.04 Å². The molecule has 2 N–H and O–H groups in total. The molecule has 0 aliphatic heterocycles. The molecule has 0 bridgehead atoms. The van der Waals surface area contributed by atoms with Crippen molar-refractivity contribution in [2.75, 3.05) is 6.61 Å². The molecule has 0 saturated heterocycles. The predicted molar refractivity (Wildman–Crippen MR) is 91.1 cm³/mol. The fourth-order valence-corrected chi connectivity index (χ4v) is 3.25. The summed E-state index contributed by atoms with van der Waals surface area (Å²) in [6, 6.07) is 3.73. The monoisotopic (exact) mass is 449 g/mol. The third kappa shape index (κ3) is 6.31. The summed E-state index contributed by atoms with van der Waals surface area (Å²) in [4.78, 5) is 35.1. The van der Waals surface area contributed by atoms with Crippen LogP contribution in [0.4, 0.5) is 0 Å². The van der Waals surface area contributed by atoms with E-state index in [9.17, 15) is 19.5 Å². The summed E-state index contributed by atoms with van der Waals surface area (Å²) < 4.78 is 6.17. The number of aliphatic carboxylic acids is 1. The summed E-state index contributed by atoms with van der Waals surface area (Å²) in [5, 5.41) is 11.8. The SMILES string of the molecule is CCOC(=O)C[C@@H](C)[C@@H](NC(=O)c1cc(Br)cc(Br)c1)C(=O)O. The lowest BCUT2D eigenvalue weighted by atomic mass is 9.98. The van der Waals surface area contributed by atoms with E-state index in [0.717, 1.165) is 0 Å². The van der Waals surface area contributed by atoms with Crippen LogP contribution in [0.5, 0.6) is 0 Å². The summed E-state index contributed by atoms with van der Waals surface area (Å²) in [6.45, 7) is 3.47. The second-order valence-corrected chi connectivity index (χ2v) is 6.77. The molecule has 2 atom stereocenters. The summed E-state index contributed by atoms with van der Waals surface area (Å²) >= 11 is 6.54. The van der Waals surface area contributed by atoms with Crippen molar-refractivity contribution in [3.05, 3.63) is 32.7 Å². The molecule has 0 spiro atoms. The zero-order valence-corrected chi connectivity index (χ0v) is 15.8. The Hall–Kier alpha value is -1.41. The first-order valence-electron chi connectivity index (χ1n) is 6.90. The van der Waals surface area contributed by atoms with Gasteiger partial charge in [-0.1, -0.05) is 38.8 Å². The number of halogens is 2. The molecule has 1 amide bonds. The maximum atomic E-state index is 12.2. The number of esters is 1. The summed E-state index contributed by atoms with van der Waals surface area (Å²) in [5.41, 5.74) is 0.306. The van der Waals surface area contributed by atoms with Crippen LogP contribution >= 0.6 is 31.9 Å². The smallest absolute Gasteiger partial charge is 0.326 e. The zero-order chi connectivity index (χ0) is 17.6. The van der Waals surface area contributed by atoms with Crippen LogP contribution in [-0.2, 0) is 14.3 Å². The molecule has 0 fully saturated rings. The van der Waals surface area contributed by atoms with Crippen LogP contribution in [0.3, 0.4) is 0 Å². The normalized spacial score (nSPS) is 13.0. The van der Waals surface area contributed by atoms with Crippen LogP contribution in [0.25, 0.3) is 0 Å². The van der Waals surface area contributed by atoms with Crippen LogP contribution in [0.1, 0.15) is 30.6 Å². The molecular formula is C15H17Br2NO5. The maximum absolute atomic E-state index is 12.2. The van der Waals surface area contributed by atoms with Crippen molar-refractivity contribution in [2.24, 2.45) is 5.92 Å². The van der Waals surface area contributed by atoms with Crippen LogP contribution in [-0.4, -0.2) is 35.6 Å². The lowest BCUT2D eigenvalue weighted by Gasteiger charge is -2.21. The van der Waals surface area contributed by atoms with Gasteiger partial charge in [-0.25, -0.2) is 4.79 Å². The first-order chi connectivity index (χ1) is 10.7. The van der Waals surface area contributed by atoms with Gasteiger partial charge in [-0.15, -0.1) is 0 Å². The Bertz CT molecular complexity index is 585. The number of hydrogen-bond acceptors (Lipinski definition) is 4. The van der Waals surface area contributed by atoms with E-state index in [-0.39, 0.29) is 13.0 Å². The average Bonchev–Trinajstić information content (AvgIpc) is 2.42. The van der Waals surface area contributed by atoms with E-state index in [0.29, 0.717) is 14.5 Å². The van der Waals surface area contributed by atoms with E-state index in [1.54, 1.807) is 32.0 Å². The van der Waals surface area contributed by atoms with Gasteiger partial charge in [0, 0.05) is 14.5 Å². The Balaban J connectivity index is 2.84. The highest BCUT2D eigenvalue weighted by Crippen LogP contribution is 2.20. The summed E-state index contributed by atoms with van der Waals surface area (Å²) in [6.07, 6.45) is -0.0900. The third-order valence-electron chi connectivity index (χ3n) is 3.04. The Labute approximate surface area is 150 Å². The van der Waals surface area contributed by atoms with Crippen molar-refractivity contribution >= 4 is 49.7 Å². The number of amides is 1. The summed E-state index contributed by atoms with van der Waals surface area (Å²) in [7, 11) is 0. The molecule has 6 nitrogen and oxygen atoms in total. The first-order valence-corrected chi connectivity index (χ1v) is 8.48. The van der Waals surface area contributed by atoms with Crippen LogP contribution in [0.2, 0.25) is 0 Å². The Kier molecular flexibility index (Phi) is 7.70. The fourth-order valence-electron chi connectivity index (χ4n) is 1.96. The third-order valence-corrected chi connectivity index (χ3v) is 3.96. The Morgan fingerprint density at radius 2 is 1.78 bits per heavy atom. The minimum Gasteiger partial charge on any atom is -0.480 e. The van der Waals surface area contributed by atoms with Gasteiger partial charge in [0.15, 0.2) is 0 Å². The molecule has 0 aromatic heterocycles. The van der Waals surface area contributed by atoms with Gasteiger partial charge in [0.05, 0.1) is 13.0 Å². The van der Waals surface area contributed by atoms with E-state index >= 15 is 0 Å². The summed E-state index contributed by atoms with van der Waals surface area (Å²) in [5.74, 6) is -2.84. The second kappa shape index (κ2) is 9.02.